The Morgan fingerprint density at radius 2 is 1.81 bits per heavy atom. The lowest BCUT2D eigenvalue weighted by Gasteiger charge is -2.25. The van der Waals surface area contributed by atoms with Crippen LogP contribution in [0.25, 0.3) is 0 Å². The first kappa shape index (κ1) is 33.8. The summed E-state index contributed by atoms with van der Waals surface area (Å²) in [6.45, 7) is 7.25. The van der Waals surface area contributed by atoms with Crippen LogP contribution >= 0.6 is 7.75 Å². The van der Waals surface area contributed by atoms with E-state index in [1.54, 1.807) is 18.2 Å². The van der Waals surface area contributed by atoms with Crippen molar-refractivity contribution in [3.05, 3.63) is 42.5 Å². The fourth-order valence-electron chi connectivity index (χ4n) is 3.87. The van der Waals surface area contributed by atoms with Gasteiger partial charge in [0.1, 0.15) is 24.4 Å². The number of benzene rings is 1. The summed E-state index contributed by atoms with van der Waals surface area (Å²) in [7, 11) is -4.40. The average molecular weight is 624 g/mol. The summed E-state index contributed by atoms with van der Waals surface area (Å²) in [5, 5.41) is 6.51. The molecule has 0 radical (unpaired) electrons. The van der Waals surface area contributed by atoms with Crippen molar-refractivity contribution in [1.29, 1.82) is 0 Å². The van der Waals surface area contributed by atoms with Crippen molar-refractivity contribution in [3.8, 4) is 5.75 Å². The first-order valence-corrected chi connectivity index (χ1v) is 15.3. The Hall–Kier alpha value is -3.65. The van der Waals surface area contributed by atoms with Gasteiger partial charge in [-0.05, 0) is 30.4 Å². The summed E-state index contributed by atoms with van der Waals surface area (Å²) >= 11 is 0. The van der Waals surface area contributed by atoms with Crippen molar-refractivity contribution in [1.82, 2.24) is 19.9 Å². The maximum Gasteiger partial charge on any atom is 0.459 e. The molecule has 16 heteroatoms. The van der Waals surface area contributed by atoms with Crippen molar-refractivity contribution >= 4 is 31.9 Å². The second-order valence-electron chi connectivity index (χ2n) is 10.8. The SMILES string of the molecule is CC(C)COC(=O)CC(NP(=O)(OC[C@@H]1CC(C=O)[C@H](n2cnc(C(N)=O)n2)O1)Oc1ccccc1)C(=O)OCC(C)C. The number of primary amides is 1. The Balaban J connectivity index is 1.79. The van der Waals surface area contributed by atoms with Gasteiger partial charge in [-0.25, -0.2) is 14.2 Å². The molecule has 236 valence electrons. The van der Waals surface area contributed by atoms with E-state index in [0.29, 0.717) is 6.29 Å². The van der Waals surface area contributed by atoms with Gasteiger partial charge in [0, 0.05) is 0 Å². The molecule has 1 amide bonds. The number of amides is 1. The number of nitrogens with zero attached hydrogens (tertiary/aromatic N) is 3. The molecule has 1 aromatic heterocycles. The van der Waals surface area contributed by atoms with E-state index in [-0.39, 0.29) is 49.7 Å². The number of aldehydes is 1. The molecule has 1 saturated heterocycles. The Bertz CT molecular complexity index is 1290. The highest BCUT2D eigenvalue weighted by Crippen LogP contribution is 2.46. The predicted octanol–water partition coefficient (Wildman–Crippen LogP) is 2.43. The number of carbonyl (C=O) groups excluding carboxylic acids is 4. The highest BCUT2D eigenvalue weighted by molar-refractivity contribution is 7.52. The van der Waals surface area contributed by atoms with Crippen LogP contribution in [0.5, 0.6) is 5.75 Å². The molecular weight excluding hydrogens is 585 g/mol. The van der Waals surface area contributed by atoms with Gasteiger partial charge in [-0.2, -0.15) is 5.09 Å². The van der Waals surface area contributed by atoms with Gasteiger partial charge < -0.3 is 29.3 Å². The van der Waals surface area contributed by atoms with Gasteiger partial charge in [0.25, 0.3) is 5.91 Å². The Labute approximate surface area is 249 Å². The lowest BCUT2D eigenvalue weighted by Crippen LogP contribution is -2.40. The second-order valence-corrected chi connectivity index (χ2v) is 12.5. The van der Waals surface area contributed by atoms with E-state index >= 15 is 0 Å². The number of carbonyl (C=O) groups is 4. The minimum atomic E-state index is -4.40. The molecule has 0 aliphatic carbocycles. The van der Waals surface area contributed by atoms with Crippen molar-refractivity contribution in [2.75, 3.05) is 19.8 Å². The average Bonchev–Trinajstić information content (AvgIpc) is 3.61. The van der Waals surface area contributed by atoms with Crippen molar-refractivity contribution < 1.29 is 47.0 Å². The molecule has 15 nitrogen and oxygen atoms in total. The van der Waals surface area contributed by atoms with Crippen molar-refractivity contribution in [3.63, 3.8) is 0 Å². The Morgan fingerprint density at radius 1 is 1.14 bits per heavy atom. The van der Waals surface area contributed by atoms with E-state index in [4.69, 9.17) is 29.0 Å². The van der Waals surface area contributed by atoms with Crippen LogP contribution in [0.3, 0.4) is 0 Å². The smallest absolute Gasteiger partial charge is 0.459 e. The van der Waals surface area contributed by atoms with Crippen LogP contribution in [0.15, 0.2) is 36.7 Å². The molecule has 3 unspecified atom stereocenters. The zero-order chi connectivity index (χ0) is 31.6. The van der Waals surface area contributed by atoms with Gasteiger partial charge in [-0.1, -0.05) is 45.9 Å². The van der Waals surface area contributed by atoms with Crippen molar-refractivity contribution in [2.24, 2.45) is 23.5 Å². The summed E-state index contributed by atoms with van der Waals surface area (Å²) in [5.74, 6) is -3.13. The van der Waals surface area contributed by atoms with Crippen LogP contribution in [-0.4, -0.2) is 70.9 Å². The monoisotopic (exact) mass is 623 g/mol. The largest absolute Gasteiger partial charge is 0.465 e. The summed E-state index contributed by atoms with van der Waals surface area (Å²) in [5.41, 5.74) is 5.21. The van der Waals surface area contributed by atoms with E-state index in [0.717, 1.165) is 0 Å². The molecule has 0 saturated carbocycles. The van der Waals surface area contributed by atoms with E-state index in [1.165, 1.54) is 23.1 Å². The molecule has 0 bridgehead atoms. The van der Waals surface area contributed by atoms with E-state index in [1.807, 2.05) is 27.7 Å². The number of aromatic nitrogens is 3. The van der Waals surface area contributed by atoms with Gasteiger partial charge in [-0.15, -0.1) is 5.10 Å². The first-order valence-electron chi connectivity index (χ1n) is 13.8. The third-order valence-electron chi connectivity index (χ3n) is 5.90. The summed E-state index contributed by atoms with van der Waals surface area (Å²) in [4.78, 5) is 52.5. The summed E-state index contributed by atoms with van der Waals surface area (Å²) in [6, 6.07) is 6.65. The van der Waals surface area contributed by atoms with E-state index in [9.17, 15) is 23.7 Å². The standard InChI is InChI=1S/C27H38N5O10P/c1-17(2)13-38-23(34)11-22(27(36)39-14-18(3)4)31-43(37,42-20-8-6-5-7-9-20)40-15-21-10-19(12-33)26(41-21)32-16-29-25(30-32)24(28)35/h5-9,12,16-19,21-22,26H,10-11,13-15H2,1-4H3,(H2,28,35)(H,31,37)/t19?,21-,22?,26+,43?/m0/s1. The van der Waals surface area contributed by atoms with E-state index < -0.39 is 56.3 Å². The fourth-order valence-corrected chi connectivity index (χ4v) is 5.39. The molecule has 1 fully saturated rings. The molecule has 43 heavy (non-hydrogen) atoms. The normalized spacial score (nSPS) is 20.4. The van der Waals surface area contributed by atoms with Crippen LogP contribution in [0.4, 0.5) is 0 Å². The molecule has 5 atom stereocenters. The first-order chi connectivity index (χ1) is 20.4. The fraction of sp³-hybridized carbons (Fsp3) is 0.556. The highest BCUT2D eigenvalue weighted by atomic mass is 31.2. The van der Waals surface area contributed by atoms with Crippen LogP contribution < -0.4 is 15.3 Å². The predicted molar refractivity (Wildman–Crippen MR) is 150 cm³/mol. The van der Waals surface area contributed by atoms with Gasteiger partial charge in [0.2, 0.25) is 5.82 Å². The van der Waals surface area contributed by atoms with E-state index in [2.05, 4.69) is 15.2 Å². The van der Waals surface area contributed by atoms with Gasteiger partial charge in [0.15, 0.2) is 6.23 Å². The van der Waals surface area contributed by atoms with Gasteiger partial charge >= 0.3 is 19.7 Å². The van der Waals surface area contributed by atoms with Gasteiger partial charge in [0.05, 0.1) is 38.3 Å². The highest BCUT2D eigenvalue weighted by Gasteiger charge is 2.41. The number of hydrogen-bond donors (Lipinski definition) is 2. The maximum absolute atomic E-state index is 14.1. The number of hydrogen-bond acceptors (Lipinski definition) is 12. The van der Waals surface area contributed by atoms with Crippen LogP contribution in [-0.2, 0) is 37.7 Å². The quantitative estimate of drug-likeness (QED) is 0.148. The molecule has 1 aromatic carbocycles. The number of nitrogens with two attached hydrogens (primary N) is 1. The van der Waals surface area contributed by atoms with Gasteiger partial charge in [-0.3, -0.25) is 18.9 Å². The Kier molecular flexibility index (Phi) is 12.4. The second kappa shape index (κ2) is 15.7. The van der Waals surface area contributed by atoms with Crippen LogP contribution in [0.1, 0.15) is 57.4 Å². The number of ether oxygens (including phenoxy) is 3. The third-order valence-corrected chi connectivity index (χ3v) is 7.47. The molecule has 2 aromatic rings. The minimum Gasteiger partial charge on any atom is -0.465 e. The minimum absolute atomic E-state index is 0.00313. The molecular formula is C27H38N5O10P. The number of para-hydroxylation sites is 1. The zero-order valence-electron chi connectivity index (χ0n) is 24.5. The molecule has 1 aliphatic rings. The molecule has 1 aliphatic heterocycles. The summed E-state index contributed by atoms with van der Waals surface area (Å²) in [6.07, 6.45) is -0.188. The topological polar surface area (TPSA) is 200 Å². The maximum atomic E-state index is 14.1. The van der Waals surface area contributed by atoms with Crippen LogP contribution in [0, 0.1) is 17.8 Å². The lowest BCUT2D eigenvalue weighted by molar-refractivity contribution is -0.153. The third kappa shape index (κ3) is 10.5. The lowest BCUT2D eigenvalue weighted by atomic mass is 10.1. The Morgan fingerprint density at radius 3 is 2.42 bits per heavy atom. The number of nitrogens with one attached hydrogen (secondary N) is 1. The van der Waals surface area contributed by atoms with Crippen molar-refractivity contribution in [2.45, 2.75) is 58.9 Å². The zero-order valence-corrected chi connectivity index (χ0v) is 25.4. The summed E-state index contributed by atoms with van der Waals surface area (Å²) < 4.78 is 43.2. The number of esters is 2. The molecule has 3 N–H and O–H groups in total. The van der Waals surface area contributed by atoms with Crippen LogP contribution in [0.2, 0.25) is 0 Å². The number of rotatable bonds is 17. The molecule has 2 heterocycles. The molecule has 0 spiro atoms. The molecule has 3 rings (SSSR count).